The zero-order chi connectivity index (χ0) is 31.7. The number of hydrogen-bond acceptors (Lipinski definition) is 2. The maximum absolute atomic E-state index is 2.79. The molecule has 3 aromatic rings. The summed E-state index contributed by atoms with van der Waals surface area (Å²) < 4.78 is 0. The Hall–Kier alpha value is -2.45. The number of anilines is 1. The molecule has 0 bridgehead atoms. The zero-order valence-electron chi connectivity index (χ0n) is 29.4. The molecule has 0 saturated heterocycles. The fraction of sp³-hybridized carbons (Fsp3) is 0.512. The van der Waals surface area contributed by atoms with Crippen LogP contribution in [0, 0.1) is 18.8 Å². The lowest BCUT2D eigenvalue weighted by molar-refractivity contribution is 0.375. The van der Waals surface area contributed by atoms with Gasteiger partial charge in [-0.1, -0.05) is 125 Å². The van der Waals surface area contributed by atoms with Gasteiger partial charge in [0.2, 0.25) is 0 Å². The third-order valence-corrected chi connectivity index (χ3v) is 11.2. The van der Waals surface area contributed by atoms with E-state index >= 15 is 0 Å². The fourth-order valence-electron chi connectivity index (χ4n) is 7.69. The number of nitrogens with zero attached hydrogens (tertiary/aromatic N) is 1. The number of thioether (sulfide) groups is 1. The standard InChI is InChI=1S/C37H45NS.2C2H6/c1-10-25-26(11-2)37-38-34-31(25)17-23(9)18-32(34)30-19-24(15-16-29(30)35(38)36(39-37)22(7)8)33-27(20(3)4)13-12-14-28(33)21(5)6;2*1-2/h12-22,25-26,37H,10-11H2,1-9H3;2*1-2H3. The molecule has 232 valence electrons. The predicted octanol–water partition coefficient (Wildman–Crippen LogP) is 13.4. The normalized spacial score (nSPS) is 19.6. The lowest BCUT2D eigenvalue weighted by Gasteiger charge is -2.47. The van der Waals surface area contributed by atoms with Crippen molar-refractivity contribution in [2.24, 2.45) is 11.8 Å². The lowest BCUT2D eigenvalue weighted by atomic mass is 9.73. The van der Waals surface area contributed by atoms with Crippen LogP contribution in [0.5, 0.6) is 0 Å². The summed E-state index contributed by atoms with van der Waals surface area (Å²) in [6.07, 6.45) is 2.43. The minimum absolute atomic E-state index is 0.482. The van der Waals surface area contributed by atoms with E-state index in [0.717, 1.165) is 0 Å². The Morgan fingerprint density at radius 3 is 1.88 bits per heavy atom. The van der Waals surface area contributed by atoms with Gasteiger partial charge in [-0.2, -0.15) is 0 Å². The molecule has 3 atom stereocenters. The average molecular weight is 596 g/mol. The Labute approximate surface area is 268 Å². The molecule has 0 aromatic heterocycles. The summed E-state index contributed by atoms with van der Waals surface area (Å²) in [6.45, 7) is 29.2. The molecule has 0 aliphatic carbocycles. The van der Waals surface area contributed by atoms with Crippen LogP contribution in [0.3, 0.4) is 0 Å². The molecule has 3 aliphatic rings. The highest BCUT2D eigenvalue weighted by Crippen LogP contribution is 2.63. The molecule has 43 heavy (non-hydrogen) atoms. The summed E-state index contributed by atoms with van der Waals surface area (Å²) >= 11 is 2.17. The van der Waals surface area contributed by atoms with Gasteiger partial charge in [-0.25, -0.2) is 0 Å². The van der Waals surface area contributed by atoms with E-state index < -0.39 is 0 Å². The number of aryl methyl sites for hydroxylation is 1. The first kappa shape index (κ1) is 33.4. The summed E-state index contributed by atoms with van der Waals surface area (Å²) in [5.74, 6) is 2.76. The van der Waals surface area contributed by atoms with Crippen LogP contribution in [0.1, 0.15) is 141 Å². The molecule has 3 aromatic carbocycles. The largest absolute Gasteiger partial charge is 0.326 e. The average Bonchev–Trinajstić information content (AvgIpc) is 3.42. The second-order valence-corrected chi connectivity index (χ2v) is 14.1. The molecular formula is C41H57NS. The van der Waals surface area contributed by atoms with Crippen LogP contribution in [0.15, 0.2) is 53.4 Å². The Balaban J connectivity index is 0.00000102. The van der Waals surface area contributed by atoms with E-state index in [2.05, 4.69) is 128 Å². The van der Waals surface area contributed by atoms with E-state index in [-0.39, 0.29) is 0 Å². The van der Waals surface area contributed by atoms with Crippen LogP contribution in [0.25, 0.3) is 28.0 Å². The second-order valence-electron chi connectivity index (χ2n) is 13.0. The number of allylic oxidation sites excluding steroid dienone is 1. The molecule has 6 rings (SSSR count). The van der Waals surface area contributed by atoms with Crippen LogP contribution >= 0.6 is 11.8 Å². The van der Waals surface area contributed by atoms with Gasteiger partial charge < -0.3 is 4.90 Å². The Bertz CT molecular complexity index is 1450. The molecule has 3 unspecified atom stereocenters. The van der Waals surface area contributed by atoms with Crippen molar-refractivity contribution in [1.29, 1.82) is 0 Å². The highest BCUT2D eigenvalue weighted by Gasteiger charge is 2.49. The molecule has 0 spiro atoms. The highest BCUT2D eigenvalue weighted by atomic mass is 32.2. The molecule has 3 aliphatic heterocycles. The van der Waals surface area contributed by atoms with Crippen LogP contribution in [-0.2, 0) is 0 Å². The van der Waals surface area contributed by atoms with Gasteiger partial charge in [0.05, 0.1) is 16.8 Å². The Morgan fingerprint density at radius 2 is 1.35 bits per heavy atom. The molecule has 0 saturated carbocycles. The SMILES string of the molecule is CC.CC.CCC1c2cc(C)cc3c2N2C(=C(C(C)C)SC2C1CC)c1ccc(-c2c(C(C)C)cccc2C(C)C)cc1-3. The molecule has 0 N–H and O–H groups in total. The Morgan fingerprint density at radius 1 is 0.721 bits per heavy atom. The van der Waals surface area contributed by atoms with Crippen molar-refractivity contribution in [3.63, 3.8) is 0 Å². The van der Waals surface area contributed by atoms with Crippen molar-refractivity contribution in [3.8, 4) is 22.3 Å². The van der Waals surface area contributed by atoms with Crippen LogP contribution in [0.2, 0.25) is 0 Å². The van der Waals surface area contributed by atoms with Crippen molar-refractivity contribution in [3.05, 3.63) is 81.3 Å². The number of benzene rings is 3. The van der Waals surface area contributed by atoms with Crippen molar-refractivity contribution in [1.82, 2.24) is 0 Å². The summed E-state index contributed by atoms with van der Waals surface area (Å²) in [4.78, 5) is 4.36. The van der Waals surface area contributed by atoms with E-state index in [1.165, 1.54) is 68.7 Å². The number of fused-ring (bicyclic) bond motifs is 3. The quantitative estimate of drug-likeness (QED) is 0.279. The van der Waals surface area contributed by atoms with Crippen molar-refractivity contribution in [2.45, 2.75) is 126 Å². The first-order valence-corrected chi connectivity index (χ1v) is 18.2. The van der Waals surface area contributed by atoms with Gasteiger partial charge in [0.25, 0.3) is 0 Å². The number of rotatable bonds is 6. The van der Waals surface area contributed by atoms with E-state index in [1.807, 2.05) is 27.7 Å². The first-order chi connectivity index (χ1) is 20.7. The third-order valence-electron chi connectivity index (χ3n) is 9.45. The maximum Gasteiger partial charge on any atom is 0.0877 e. The molecule has 0 amide bonds. The van der Waals surface area contributed by atoms with Gasteiger partial charge in [0.1, 0.15) is 0 Å². The van der Waals surface area contributed by atoms with Crippen LogP contribution in [-0.4, -0.2) is 5.37 Å². The van der Waals surface area contributed by atoms with Gasteiger partial charge in [0.15, 0.2) is 0 Å². The van der Waals surface area contributed by atoms with Crippen LogP contribution in [0.4, 0.5) is 5.69 Å². The monoisotopic (exact) mass is 595 g/mol. The smallest absolute Gasteiger partial charge is 0.0877 e. The maximum atomic E-state index is 2.79. The molecule has 0 fully saturated rings. The van der Waals surface area contributed by atoms with Gasteiger partial charge in [-0.15, -0.1) is 11.8 Å². The molecule has 3 heterocycles. The first-order valence-electron chi connectivity index (χ1n) is 17.3. The number of hydrogen-bond donors (Lipinski definition) is 0. The lowest BCUT2D eigenvalue weighted by Crippen LogP contribution is -2.43. The summed E-state index contributed by atoms with van der Waals surface area (Å²) in [5.41, 5.74) is 16.0. The fourth-order valence-corrected chi connectivity index (χ4v) is 9.42. The third kappa shape index (κ3) is 5.52. The van der Waals surface area contributed by atoms with E-state index in [1.54, 1.807) is 10.5 Å². The van der Waals surface area contributed by atoms with Crippen molar-refractivity contribution in [2.75, 3.05) is 4.90 Å². The zero-order valence-corrected chi connectivity index (χ0v) is 30.2. The molecule has 2 heteroatoms. The van der Waals surface area contributed by atoms with Gasteiger partial charge in [0, 0.05) is 16.0 Å². The van der Waals surface area contributed by atoms with Gasteiger partial charge in [-0.3, -0.25) is 0 Å². The molecule has 0 radical (unpaired) electrons. The van der Waals surface area contributed by atoms with Gasteiger partial charge in [-0.05, 0) is 94.9 Å². The van der Waals surface area contributed by atoms with E-state index in [9.17, 15) is 0 Å². The summed E-state index contributed by atoms with van der Waals surface area (Å²) in [5, 5.41) is 0.503. The second kappa shape index (κ2) is 13.7. The molecule has 1 nitrogen and oxygen atoms in total. The topological polar surface area (TPSA) is 3.24 Å². The van der Waals surface area contributed by atoms with Crippen molar-refractivity contribution >= 4 is 23.1 Å². The van der Waals surface area contributed by atoms with Crippen molar-refractivity contribution < 1.29 is 0 Å². The highest BCUT2D eigenvalue weighted by molar-refractivity contribution is 8.04. The predicted molar refractivity (Wildman–Crippen MR) is 195 cm³/mol. The van der Waals surface area contributed by atoms with E-state index in [4.69, 9.17) is 0 Å². The Kier molecular flexibility index (Phi) is 10.6. The summed E-state index contributed by atoms with van der Waals surface area (Å²) in [6, 6.07) is 19.4. The van der Waals surface area contributed by atoms with Gasteiger partial charge >= 0.3 is 0 Å². The minimum atomic E-state index is 0.482. The molecular weight excluding hydrogens is 539 g/mol. The van der Waals surface area contributed by atoms with Crippen LogP contribution < -0.4 is 4.90 Å². The summed E-state index contributed by atoms with van der Waals surface area (Å²) in [7, 11) is 0. The van der Waals surface area contributed by atoms with E-state index in [0.29, 0.717) is 35.0 Å². The minimum Gasteiger partial charge on any atom is -0.326 e.